The summed E-state index contributed by atoms with van der Waals surface area (Å²) in [7, 11) is 0. The zero-order chi connectivity index (χ0) is 11.1. The highest BCUT2D eigenvalue weighted by molar-refractivity contribution is 6.21. The van der Waals surface area contributed by atoms with E-state index in [9.17, 15) is 4.79 Å². The first kappa shape index (κ1) is 10.2. The minimum Gasteiger partial charge on any atom is -0.352 e. The van der Waals surface area contributed by atoms with Crippen molar-refractivity contribution in [1.29, 1.82) is 0 Å². The number of nitrogens with one attached hydrogen (secondary N) is 1. The highest BCUT2D eigenvalue weighted by Crippen LogP contribution is 2.45. The first-order valence-electron chi connectivity index (χ1n) is 5.81. The van der Waals surface area contributed by atoms with Gasteiger partial charge in [-0.1, -0.05) is 12.1 Å². The van der Waals surface area contributed by atoms with E-state index in [2.05, 4.69) is 17.4 Å². The van der Waals surface area contributed by atoms with E-state index >= 15 is 0 Å². The summed E-state index contributed by atoms with van der Waals surface area (Å²) in [6.07, 6.45) is 3.37. The largest absolute Gasteiger partial charge is 0.352 e. The number of fused-ring (bicyclic) bond motifs is 1. The third kappa shape index (κ3) is 1.71. The van der Waals surface area contributed by atoms with E-state index < -0.39 is 0 Å². The molecule has 0 aromatic heterocycles. The van der Waals surface area contributed by atoms with E-state index in [1.165, 1.54) is 12.8 Å². The lowest BCUT2D eigenvalue weighted by Gasteiger charge is -2.18. The molecule has 1 fully saturated rings. The van der Waals surface area contributed by atoms with E-state index in [0.29, 0.717) is 5.92 Å². The molecule has 0 radical (unpaired) electrons. The summed E-state index contributed by atoms with van der Waals surface area (Å²) in [5.41, 5.74) is 3.06. The maximum absolute atomic E-state index is 11.7. The topological polar surface area (TPSA) is 29.1 Å². The van der Waals surface area contributed by atoms with Gasteiger partial charge >= 0.3 is 0 Å². The minimum atomic E-state index is 0.0442. The molecule has 1 aromatic carbocycles. The van der Waals surface area contributed by atoms with Crippen molar-refractivity contribution >= 4 is 17.5 Å². The van der Waals surface area contributed by atoms with Crippen molar-refractivity contribution in [1.82, 2.24) is 5.32 Å². The Hall–Kier alpha value is -1.02. The van der Waals surface area contributed by atoms with Gasteiger partial charge in [0.05, 0.1) is 5.38 Å². The van der Waals surface area contributed by atoms with Crippen LogP contribution in [0.25, 0.3) is 0 Å². The maximum atomic E-state index is 11.7. The van der Waals surface area contributed by atoms with Crippen molar-refractivity contribution in [3.63, 3.8) is 0 Å². The number of halogens is 1. The summed E-state index contributed by atoms with van der Waals surface area (Å²) >= 11 is 6.36. The number of amides is 1. The van der Waals surface area contributed by atoms with Crippen molar-refractivity contribution in [2.75, 3.05) is 6.54 Å². The summed E-state index contributed by atoms with van der Waals surface area (Å²) in [4.78, 5) is 11.7. The van der Waals surface area contributed by atoms with Crippen LogP contribution in [-0.2, 0) is 6.42 Å². The second-order valence-corrected chi connectivity index (χ2v) is 5.13. The van der Waals surface area contributed by atoms with Crippen LogP contribution in [0.4, 0.5) is 0 Å². The Labute approximate surface area is 100.0 Å². The fourth-order valence-corrected chi connectivity index (χ4v) is 2.65. The predicted octanol–water partition coefficient (Wildman–Crippen LogP) is 2.66. The molecule has 3 rings (SSSR count). The average Bonchev–Trinajstić information content (AvgIpc) is 3.12. The second kappa shape index (κ2) is 3.77. The molecule has 2 aliphatic rings. The van der Waals surface area contributed by atoms with E-state index in [-0.39, 0.29) is 11.3 Å². The summed E-state index contributed by atoms with van der Waals surface area (Å²) < 4.78 is 0. The lowest BCUT2D eigenvalue weighted by molar-refractivity contribution is 0.0946. The SMILES string of the molecule is O=C1NCCc2ccc(C(Cl)C3CC3)cc21. The van der Waals surface area contributed by atoms with Crippen LogP contribution in [0.5, 0.6) is 0 Å². The molecular formula is C13H14ClNO. The van der Waals surface area contributed by atoms with Crippen LogP contribution in [0.2, 0.25) is 0 Å². The molecule has 1 heterocycles. The van der Waals surface area contributed by atoms with Crippen LogP contribution >= 0.6 is 11.6 Å². The molecule has 0 saturated heterocycles. The van der Waals surface area contributed by atoms with Crippen LogP contribution in [0.1, 0.15) is 39.7 Å². The molecule has 84 valence electrons. The smallest absolute Gasteiger partial charge is 0.251 e. The molecule has 1 N–H and O–H groups in total. The molecular weight excluding hydrogens is 222 g/mol. The van der Waals surface area contributed by atoms with E-state index in [0.717, 1.165) is 29.7 Å². The molecule has 1 aliphatic heterocycles. The van der Waals surface area contributed by atoms with Crippen molar-refractivity contribution in [3.05, 3.63) is 34.9 Å². The Morgan fingerprint density at radius 3 is 2.94 bits per heavy atom. The van der Waals surface area contributed by atoms with Gasteiger partial charge in [0.25, 0.3) is 5.91 Å². The molecule has 3 heteroatoms. The molecule has 1 amide bonds. The van der Waals surface area contributed by atoms with Crippen molar-refractivity contribution in [2.45, 2.75) is 24.6 Å². The Bertz CT molecular complexity index is 440. The number of benzene rings is 1. The lowest BCUT2D eigenvalue weighted by atomic mass is 9.96. The quantitative estimate of drug-likeness (QED) is 0.785. The maximum Gasteiger partial charge on any atom is 0.251 e. The Morgan fingerprint density at radius 2 is 2.19 bits per heavy atom. The molecule has 0 bridgehead atoms. The monoisotopic (exact) mass is 235 g/mol. The number of alkyl halides is 1. The average molecular weight is 236 g/mol. The van der Waals surface area contributed by atoms with Gasteiger partial charge < -0.3 is 5.32 Å². The molecule has 1 aliphatic carbocycles. The number of carbonyl (C=O) groups excluding carboxylic acids is 1. The Balaban J connectivity index is 1.96. The van der Waals surface area contributed by atoms with Crippen molar-refractivity contribution in [2.24, 2.45) is 5.92 Å². The van der Waals surface area contributed by atoms with E-state index in [4.69, 9.17) is 11.6 Å². The fraction of sp³-hybridized carbons (Fsp3) is 0.462. The Morgan fingerprint density at radius 1 is 1.38 bits per heavy atom. The van der Waals surface area contributed by atoms with Gasteiger partial charge in [-0.3, -0.25) is 4.79 Å². The molecule has 0 spiro atoms. The standard InChI is InChI=1S/C13H14ClNO/c14-12(9-2-3-9)10-4-1-8-5-6-15-13(16)11(8)7-10/h1,4,7,9,12H,2-3,5-6H2,(H,15,16). The zero-order valence-corrected chi connectivity index (χ0v) is 9.76. The summed E-state index contributed by atoms with van der Waals surface area (Å²) in [6.45, 7) is 0.748. The van der Waals surface area contributed by atoms with Gasteiger partial charge in [0, 0.05) is 12.1 Å². The van der Waals surface area contributed by atoms with Gasteiger partial charge in [0.2, 0.25) is 0 Å². The first-order chi connectivity index (χ1) is 7.75. The second-order valence-electron chi connectivity index (χ2n) is 4.66. The van der Waals surface area contributed by atoms with Gasteiger partial charge in [-0.2, -0.15) is 0 Å². The summed E-state index contributed by atoms with van der Waals surface area (Å²) in [5.74, 6) is 0.661. The van der Waals surface area contributed by atoms with Crippen LogP contribution in [-0.4, -0.2) is 12.5 Å². The van der Waals surface area contributed by atoms with Gasteiger partial charge in [0.15, 0.2) is 0 Å². The van der Waals surface area contributed by atoms with E-state index in [1.54, 1.807) is 0 Å². The molecule has 1 aromatic rings. The molecule has 1 atom stereocenters. The lowest BCUT2D eigenvalue weighted by Crippen LogP contribution is -2.31. The summed E-state index contributed by atoms with van der Waals surface area (Å²) in [6, 6.07) is 6.11. The highest BCUT2D eigenvalue weighted by atomic mass is 35.5. The molecule has 1 saturated carbocycles. The number of carbonyl (C=O) groups is 1. The van der Waals surface area contributed by atoms with Crippen LogP contribution < -0.4 is 5.32 Å². The minimum absolute atomic E-state index is 0.0442. The molecule has 2 nitrogen and oxygen atoms in total. The molecule has 16 heavy (non-hydrogen) atoms. The predicted molar refractivity (Wildman–Crippen MR) is 63.8 cm³/mol. The summed E-state index contributed by atoms with van der Waals surface area (Å²) in [5, 5.41) is 2.95. The number of rotatable bonds is 2. The van der Waals surface area contributed by atoms with Crippen molar-refractivity contribution < 1.29 is 4.79 Å². The van der Waals surface area contributed by atoms with Gasteiger partial charge in [-0.05, 0) is 42.4 Å². The zero-order valence-electron chi connectivity index (χ0n) is 9.00. The van der Waals surface area contributed by atoms with Gasteiger partial charge in [-0.15, -0.1) is 11.6 Å². The van der Waals surface area contributed by atoms with Gasteiger partial charge in [-0.25, -0.2) is 0 Å². The number of hydrogen-bond donors (Lipinski definition) is 1. The van der Waals surface area contributed by atoms with Crippen molar-refractivity contribution in [3.8, 4) is 0 Å². The highest BCUT2D eigenvalue weighted by Gasteiger charge is 2.31. The fourth-order valence-electron chi connectivity index (χ4n) is 2.26. The van der Waals surface area contributed by atoms with Gasteiger partial charge in [0.1, 0.15) is 0 Å². The molecule has 1 unspecified atom stereocenters. The Kier molecular flexibility index (Phi) is 2.40. The first-order valence-corrected chi connectivity index (χ1v) is 6.24. The van der Waals surface area contributed by atoms with Crippen LogP contribution in [0.3, 0.4) is 0 Å². The number of hydrogen-bond acceptors (Lipinski definition) is 1. The third-order valence-corrected chi connectivity index (χ3v) is 4.02. The van der Waals surface area contributed by atoms with E-state index in [1.807, 2.05) is 6.07 Å². The normalized spacial score (nSPS) is 21.2. The third-order valence-electron chi connectivity index (χ3n) is 3.41. The van der Waals surface area contributed by atoms with Crippen LogP contribution in [0, 0.1) is 5.92 Å². The van der Waals surface area contributed by atoms with Crippen LogP contribution in [0.15, 0.2) is 18.2 Å².